The van der Waals surface area contributed by atoms with E-state index >= 15 is 0 Å². The highest BCUT2D eigenvalue weighted by Crippen LogP contribution is 2.22. The predicted molar refractivity (Wildman–Crippen MR) is 66.8 cm³/mol. The zero-order chi connectivity index (χ0) is 12.3. The zero-order valence-corrected chi connectivity index (χ0v) is 10.9. The Balaban J connectivity index is 1.90. The molecule has 2 heterocycles. The van der Waals surface area contributed by atoms with Crippen molar-refractivity contribution in [3.05, 3.63) is 0 Å². The van der Waals surface area contributed by atoms with Crippen LogP contribution in [0.1, 0.15) is 39.5 Å². The highest BCUT2D eigenvalue weighted by molar-refractivity contribution is 5.82. The van der Waals surface area contributed by atoms with Crippen LogP contribution < -0.4 is 10.6 Å². The molecule has 2 rings (SSSR count). The van der Waals surface area contributed by atoms with Crippen LogP contribution >= 0.6 is 0 Å². The first-order chi connectivity index (χ1) is 8.11. The molecule has 2 unspecified atom stereocenters. The smallest absolute Gasteiger partial charge is 0.237 e. The summed E-state index contributed by atoms with van der Waals surface area (Å²) in [4.78, 5) is 12.3. The molecule has 2 saturated heterocycles. The molecule has 2 aliphatic rings. The molecule has 0 bridgehead atoms. The monoisotopic (exact) mass is 240 g/mol. The van der Waals surface area contributed by atoms with Gasteiger partial charge in [-0.1, -0.05) is 6.92 Å². The highest BCUT2D eigenvalue weighted by atomic mass is 16.5. The minimum Gasteiger partial charge on any atom is -0.381 e. The van der Waals surface area contributed by atoms with Crippen molar-refractivity contribution in [3.63, 3.8) is 0 Å². The molecule has 0 radical (unpaired) electrons. The predicted octanol–water partition coefficient (Wildman–Crippen LogP) is 1.06. The Morgan fingerprint density at radius 3 is 2.76 bits per heavy atom. The lowest BCUT2D eigenvalue weighted by Crippen LogP contribution is -2.58. The van der Waals surface area contributed by atoms with E-state index in [9.17, 15) is 4.79 Å². The van der Waals surface area contributed by atoms with Crippen molar-refractivity contribution in [1.29, 1.82) is 0 Å². The van der Waals surface area contributed by atoms with Gasteiger partial charge in [-0.2, -0.15) is 0 Å². The van der Waals surface area contributed by atoms with Crippen LogP contribution in [0.4, 0.5) is 0 Å². The first-order valence-corrected chi connectivity index (χ1v) is 6.74. The Kier molecular flexibility index (Phi) is 4.05. The molecule has 4 heteroatoms. The Hall–Kier alpha value is -0.610. The van der Waals surface area contributed by atoms with Crippen molar-refractivity contribution in [2.24, 2.45) is 5.92 Å². The summed E-state index contributed by atoms with van der Waals surface area (Å²) in [5.41, 5.74) is -0.0752. The number of carbonyl (C=O) groups excluding carboxylic acids is 1. The standard InChI is InChI=1S/C13H24N2O2/c1-10-4-3-7-14-11(10)12(16)15-13(2)5-8-17-9-6-13/h10-11,14H,3-9H2,1-2H3,(H,15,16). The van der Waals surface area contributed by atoms with Crippen molar-refractivity contribution in [2.75, 3.05) is 19.8 Å². The second kappa shape index (κ2) is 5.36. The van der Waals surface area contributed by atoms with Crippen LogP contribution in [-0.4, -0.2) is 37.2 Å². The average Bonchev–Trinajstić information content (AvgIpc) is 2.29. The second-order valence-corrected chi connectivity index (χ2v) is 5.71. The lowest BCUT2D eigenvalue weighted by Gasteiger charge is -2.37. The molecule has 0 aromatic heterocycles. The largest absolute Gasteiger partial charge is 0.381 e. The fourth-order valence-electron chi connectivity index (χ4n) is 2.72. The lowest BCUT2D eigenvalue weighted by molar-refractivity contribution is -0.127. The van der Waals surface area contributed by atoms with Crippen molar-refractivity contribution in [2.45, 2.75) is 51.1 Å². The lowest BCUT2D eigenvalue weighted by atomic mass is 9.88. The van der Waals surface area contributed by atoms with E-state index in [1.165, 1.54) is 6.42 Å². The van der Waals surface area contributed by atoms with Crippen LogP contribution in [0.5, 0.6) is 0 Å². The number of amides is 1. The minimum atomic E-state index is -0.0752. The topological polar surface area (TPSA) is 50.4 Å². The number of ether oxygens (including phenoxy) is 1. The third-order valence-electron chi connectivity index (χ3n) is 4.07. The van der Waals surface area contributed by atoms with E-state index in [4.69, 9.17) is 4.74 Å². The highest BCUT2D eigenvalue weighted by Gasteiger charge is 2.34. The summed E-state index contributed by atoms with van der Waals surface area (Å²) in [6.07, 6.45) is 4.15. The summed E-state index contributed by atoms with van der Waals surface area (Å²) >= 11 is 0. The van der Waals surface area contributed by atoms with Gasteiger partial charge in [-0.3, -0.25) is 4.79 Å². The quantitative estimate of drug-likeness (QED) is 0.759. The number of piperidine rings is 1. The molecule has 0 aromatic rings. The van der Waals surface area contributed by atoms with Gasteiger partial charge in [-0.25, -0.2) is 0 Å². The van der Waals surface area contributed by atoms with Gasteiger partial charge in [-0.15, -0.1) is 0 Å². The number of rotatable bonds is 2. The second-order valence-electron chi connectivity index (χ2n) is 5.71. The molecule has 2 fully saturated rings. The molecular weight excluding hydrogens is 216 g/mol. The van der Waals surface area contributed by atoms with Crippen LogP contribution in [0.15, 0.2) is 0 Å². The van der Waals surface area contributed by atoms with E-state index in [2.05, 4.69) is 24.5 Å². The summed E-state index contributed by atoms with van der Waals surface area (Å²) < 4.78 is 5.35. The number of nitrogens with one attached hydrogen (secondary N) is 2. The number of hydrogen-bond acceptors (Lipinski definition) is 3. The summed E-state index contributed by atoms with van der Waals surface area (Å²) in [6, 6.07) is -0.0107. The molecule has 98 valence electrons. The molecule has 17 heavy (non-hydrogen) atoms. The third kappa shape index (κ3) is 3.19. The van der Waals surface area contributed by atoms with Crippen LogP contribution in [-0.2, 0) is 9.53 Å². The Bertz CT molecular complexity index is 275. The van der Waals surface area contributed by atoms with Crippen molar-refractivity contribution >= 4 is 5.91 Å². The Morgan fingerprint density at radius 1 is 1.41 bits per heavy atom. The molecule has 0 spiro atoms. The first-order valence-electron chi connectivity index (χ1n) is 6.74. The third-order valence-corrected chi connectivity index (χ3v) is 4.07. The van der Waals surface area contributed by atoms with Gasteiger partial charge in [-0.05, 0) is 45.1 Å². The molecule has 0 aromatic carbocycles. The maximum Gasteiger partial charge on any atom is 0.237 e. The Morgan fingerprint density at radius 2 is 2.12 bits per heavy atom. The van der Waals surface area contributed by atoms with E-state index in [0.29, 0.717) is 5.92 Å². The van der Waals surface area contributed by atoms with Crippen LogP contribution in [0.3, 0.4) is 0 Å². The SMILES string of the molecule is CC1CCCNC1C(=O)NC1(C)CCOCC1. The maximum absolute atomic E-state index is 12.3. The summed E-state index contributed by atoms with van der Waals surface area (Å²) in [7, 11) is 0. The molecule has 1 amide bonds. The fourth-order valence-corrected chi connectivity index (χ4v) is 2.72. The number of hydrogen-bond donors (Lipinski definition) is 2. The fraction of sp³-hybridized carbons (Fsp3) is 0.923. The van der Waals surface area contributed by atoms with Gasteiger partial charge in [0.25, 0.3) is 0 Å². The van der Waals surface area contributed by atoms with Crippen LogP contribution in [0, 0.1) is 5.92 Å². The van der Waals surface area contributed by atoms with E-state index in [1.54, 1.807) is 0 Å². The van der Waals surface area contributed by atoms with E-state index in [-0.39, 0.29) is 17.5 Å². The summed E-state index contributed by atoms with van der Waals surface area (Å²) in [6.45, 7) is 6.75. The number of carbonyl (C=O) groups is 1. The van der Waals surface area contributed by atoms with Gasteiger partial charge in [0.15, 0.2) is 0 Å². The maximum atomic E-state index is 12.3. The van der Waals surface area contributed by atoms with Gasteiger partial charge in [0.05, 0.1) is 6.04 Å². The molecule has 2 aliphatic heterocycles. The zero-order valence-electron chi connectivity index (χ0n) is 10.9. The molecule has 2 N–H and O–H groups in total. The van der Waals surface area contributed by atoms with E-state index in [1.807, 2.05) is 0 Å². The van der Waals surface area contributed by atoms with Gasteiger partial charge in [0.1, 0.15) is 0 Å². The Labute approximate surface area is 103 Å². The average molecular weight is 240 g/mol. The van der Waals surface area contributed by atoms with Crippen molar-refractivity contribution < 1.29 is 9.53 Å². The molecule has 0 saturated carbocycles. The molecule has 2 atom stereocenters. The van der Waals surface area contributed by atoms with Gasteiger partial charge < -0.3 is 15.4 Å². The van der Waals surface area contributed by atoms with Crippen molar-refractivity contribution in [3.8, 4) is 0 Å². The molecule has 0 aliphatic carbocycles. The van der Waals surface area contributed by atoms with Crippen LogP contribution in [0.25, 0.3) is 0 Å². The normalized spacial score (nSPS) is 33.1. The van der Waals surface area contributed by atoms with Crippen LogP contribution in [0.2, 0.25) is 0 Å². The van der Waals surface area contributed by atoms with E-state index < -0.39 is 0 Å². The summed E-state index contributed by atoms with van der Waals surface area (Å²) in [5, 5.41) is 6.55. The first kappa shape index (κ1) is 12.8. The van der Waals surface area contributed by atoms with Crippen molar-refractivity contribution in [1.82, 2.24) is 10.6 Å². The van der Waals surface area contributed by atoms with Gasteiger partial charge in [0.2, 0.25) is 5.91 Å². The minimum absolute atomic E-state index is 0.0107. The van der Waals surface area contributed by atoms with Gasteiger partial charge >= 0.3 is 0 Å². The van der Waals surface area contributed by atoms with E-state index in [0.717, 1.165) is 39.0 Å². The molecular formula is C13H24N2O2. The van der Waals surface area contributed by atoms with Gasteiger partial charge in [0, 0.05) is 18.8 Å². The molecule has 4 nitrogen and oxygen atoms in total. The summed E-state index contributed by atoms with van der Waals surface area (Å²) in [5.74, 6) is 0.605.